The normalized spacial score (nSPS) is 11.8. The van der Waals surface area contributed by atoms with Crippen LogP contribution in [0.15, 0.2) is 182 Å². The van der Waals surface area contributed by atoms with Crippen molar-refractivity contribution in [3.8, 4) is 67.0 Å². The van der Waals surface area contributed by atoms with E-state index in [1.54, 1.807) is 0 Å². The lowest BCUT2D eigenvalue weighted by Gasteiger charge is -2.14. The molecule has 0 atom stereocenters. The Balaban J connectivity index is 1.09. The number of aromatic nitrogens is 2. The highest BCUT2D eigenvalue weighted by Gasteiger charge is 2.26. The molecule has 0 N–H and O–H groups in total. The van der Waals surface area contributed by atoms with Gasteiger partial charge in [-0.2, -0.15) is 0 Å². The first-order valence-corrected chi connectivity index (χ1v) is 17.8. The van der Waals surface area contributed by atoms with Crippen molar-refractivity contribution in [1.29, 1.82) is 0 Å². The van der Waals surface area contributed by atoms with Crippen LogP contribution in [-0.4, -0.2) is 9.97 Å². The first-order valence-electron chi connectivity index (χ1n) is 17.8. The van der Waals surface area contributed by atoms with E-state index in [0.29, 0.717) is 0 Å². The summed E-state index contributed by atoms with van der Waals surface area (Å²) in [6, 6.07) is 65.5. The van der Waals surface area contributed by atoms with Crippen LogP contribution in [0.3, 0.4) is 0 Å². The summed E-state index contributed by atoms with van der Waals surface area (Å²) in [5.74, 6) is 0. The monoisotopic (exact) mass is 658 g/mol. The number of hydrogen-bond donors (Lipinski definition) is 0. The second-order valence-corrected chi connectivity index (χ2v) is 13.7. The van der Waals surface area contributed by atoms with Gasteiger partial charge in [0.2, 0.25) is 0 Å². The average molecular weight is 659 g/mol. The maximum atomic E-state index is 5.52. The SMILES string of the molecule is c1ccc2c(-c3ccc(-c4ccc(-c5ccc(-c6cccc7ccccc67)cc5)c5nc6c(nc45)-c4cccc5cccc-6c45)cc3)cccc2c1. The lowest BCUT2D eigenvalue weighted by molar-refractivity contribution is 1.32. The van der Waals surface area contributed by atoms with E-state index in [1.807, 2.05) is 0 Å². The highest BCUT2D eigenvalue weighted by atomic mass is 14.8. The van der Waals surface area contributed by atoms with Gasteiger partial charge in [0.15, 0.2) is 0 Å². The summed E-state index contributed by atoms with van der Waals surface area (Å²) in [6.07, 6.45) is 0. The van der Waals surface area contributed by atoms with Crippen molar-refractivity contribution in [3.63, 3.8) is 0 Å². The summed E-state index contributed by atoms with van der Waals surface area (Å²) in [7, 11) is 0. The molecule has 2 nitrogen and oxygen atoms in total. The van der Waals surface area contributed by atoms with E-state index < -0.39 is 0 Å². The Morgan fingerprint density at radius 3 is 1.04 bits per heavy atom. The van der Waals surface area contributed by atoms with Gasteiger partial charge in [0, 0.05) is 27.6 Å². The van der Waals surface area contributed by atoms with Gasteiger partial charge in [0.1, 0.15) is 0 Å². The van der Waals surface area contributed by atoms with Gasteiger partial charge < -0.3 is 0 Å². The molecule has 0 aliphatic heterocycles. The van der Waals surface area contributed by atoms with Crippen LogP contribution in [0.25, 0.3) is 110 Å². The second-order valence-electron chi connectivity index (χ2n) is 13.7. The fourth-order valence-corrected chi connectivity index (χ4v) is 8.33. The fourth-order valence-electron chi connectivity index (χ4n) is 8.33. The van der Waals surface area contributed by atoms with E-state index in [1.165, 1.54) is 54.6 Å². The Morgan fingerprint density at radius 2 is 0.596 bits per heavy atom. The van der Waals surface area contributed by atoms with Crippen LogP contribution in [0.2, 0.25) is 0 Å². The van der Waals surface area contributed by atoms with Gasteiger partial charge in [-0.1, -0.05) is 182 Å². The van der Waals surface area contributed by atoms with Gasteiger partial charge in [-0.15, -0.1) is 0 Å². The number of nitrogens with zero attached hydrogens (tertiary/aromatic N) is 2. The molecular formula is C50H30N2. The zero-order valence-corrected chi connectivity index (χ0v) is 28.2. The molecule has 52 heavy (non-hydrogen) atoms. The summed E-state index contributed by atoms with van der Waals surface area (Å²) in [6.45, 7) is 0. The third-order valence-corrected chi connectivity index (χ3v) is 10.8. The average Bonchev–Trinajstić information content (AvgIpc) is 3.53. The fraction of sp³-hybridized carbons (Fsp3) is 0. The molecule has 0 bridgehead atoms. The molecule has 0 radical (unpaired) electrons. The van der Waals surface area contributed by atoms with Crippen molar-refractivity contribution in [1.82, 2.24) is 9.97 Å². The minimum atomic E-state index is 0.914. The van der Waals surface area contributed by atoms with Gasteiger partial charge in [0.05, 0.1) is 22.4 Å². The minimum Gasteiger partial charge on any atom is -0.243 e. The molecule has 240 valence electrons. The lowest BCUT2D eigenvalue weighted by atomic mass is 9.93. The molecule has 11 rings (SSSR count). The molecule has 0 amide bonds. The Morgan fingerprint density at radius 1 is 0.250 bits per heavy atom. The number of fused-ring (bicyclic) bond motifs is 6. The Bertz CT molecular complexity index is 2830. The Labute approximate surface area is 301 Å². The van der Waals surface area contributed by atoms with Crippen LogP contribution in [0.5, 0.6) is 0 Å². The van der Waals surface area contributed by atoms with Gasteiger partial charge in [-0.25, -0.2) is 9.97 Å². The molecule has 1 aliphatic rings. The van der Waals surface area contributed by atoms with Crippen molar-refractivity contribution < 1.29 is 0 Å². The van der Waals surface area contributed by atoms with Crippen LogP contribution in [0.1, 0.15) is 0 Å². The number of hydrogen-bond acceptors (Lipinski definition) is 2. The van der Waals surface area contributed by atoms with Gasteiger partial charge in [-0.05, 0) is 60.3 Å². The molecule has 10 aromatic rings. The molecule has 0 fully saturated rings. The van der Waals surface area contributed by atoms with Gasteiger partial charge >= 0.3 is 0 Å². The van der Waals surface area contributed by atoms with Gasteiger partial charge in [0.25, 0.3) is 0 Å². The van der Waals surface area contributed by atoms with Crippen LogP contribution in [-0.2, 0) is 0 Å². The Hall–Kier alpha value is -6.90. The first-order chi connectivity index (χ1) is 25.8. The molecule has 1 aromatic heterocycles. The molecule has 2 heteroatoms. The van der Waals surface area contributed by atoms with Crippen molar-refractivity contribution >= 4 is 43.4 Å². The molecule has 0 saturated carbocycles. The summed E-state index contributed by atoms with van der Waals surface area (Å²) in [5, 5.41) is 7.46. The minimum absolute atomic E-state index is 0.914. The smallest absolute Gasteiger partial charge is 0.0980 e. The standard InChI is InChI=1S/C50H30N2/c1-3-15-38-31(9-1)11-5-17-40(38)33-21-25-35(26-22-33)42-29-30-43(36-27-23-34(24-28-36)41-18-6-12-32-10-2-4-16-39(32)41)48-47(42)51-49-44-19-7-13-37-14-8-20-45(46(37)44)50(49)52-48/h1-30H. The van der Waals surface area contributed by atoms with E-state index in [0.717, 1.165) is 55.8 Å². The second kappa shape index (κ2) is 11.3. The highest BCUT2D eigenvalue weighted by Crippen LogP contribution is 2.47. The van der Waals surface area contributed by atoms with E-state index in [9.17, 15) is 0 Å². The van der Waals surface area contributed by atoms with Crippen molar-refractivity contribution in [2.45, 2.75) is 0 Å². The Kier molecular flexibility index (Phi) is 6.28. The third-order valence-electron chi connectivity index (χ3n) is 10.8. The molecular weight excluding hydrogens is 629 g/mol. The topological polar surface area (TPSA) is 25.8 Å². The van der Waals surface area contributed by atoms with Crippen molar-refractivity contribution in [3.05, 3.63) is 182 Å². The maximum absolute atomic E-state index is 5.52. The summed E-state index contributed by atoms with van der Waals surface area (Å²) < 4.78 is 0. The predicted molar refractivity (Wildman–Crippen MR) is 218 cm³/mol. The van der Waals surface area contributed by atoms with Gasteiger partial charge in [-0.3, -0.25) is 0 Å². The number of rotatable bonds is 4. The third kappa shape index (κ3) is 4.38. The van der Waals surface area contributed by atoms with E-state index in [-0.39, 0.29) is 0 Å². The highest BCUT2D eigenvalue weighted by molar-refractivity contribution is 6.15. The summed E-state index contributed by atoms with van der Waals surface area (Å²) in [5.41, 5.74) is 15.3. The number of benzene rings is 9. The van der Waals surface area contributed by atoms with E-state index in [2.05, 4.69) is 182 Å². The van der Waals surface area contributed by atoms with Crippen LogP contribution in [0, 0.1) is 0 Å². The van der Waals surface area contributed by atoms with E-state index >= 15 is 0 Å². The zero-order valence-electron chi connectivity index (χ0n) is 28.2. The predicted octanol–water partition coefficient (Wildman–Crippen LogP) is 13.4. The van der Waals surface area contributed by atoms with Crippen LogP contribution in [0.4, 0.5) is 0 Å². The molecule has 1 heterocycles. The molecule has 9 aromatic carbocycles. The lowest BCUT2D eigenvalue weighted by Crippen LogP contribution is -1.96. The largest absolute Gasteiger partial charge is 0.243 e. The molecule has 0 unspecified atom stereocenters. The van der Waals surface area contributed by atoms with Crippen molar-refractivity contribution in [2.24, 2.45) is 0 Å². The zero-order chi connectivity index (χ0) is 34.2. The maximum Gasteiger partial charge on any atom is 0.0980 e. The first kappa shape index (κ1) is 28.9. The van der Waals surface area contributed by atoms with Crippen LogP contribution < -0.4 is 0 Å². The quantitative estimate of drug-likeness (QED) is 0.188. The molecule has 1 aliphatic carbocycles. The summed E-state index contributed by atoms with van der Waals surface area (Å²) >= 11 is 0. The van der Waals surface area contributed by atoms with E-state index in [4.69, 9.17) is 9.97 Å². The van der Waals surface area contributed by atoms with Crippen LogP contribution >= 0.6 is 0 Å². The van der Waals surface area contributed by atoms with Crippen molar-refractivity contribution in [2.75, 3.05) is 0 Å². The summed E-state index contributed by atoms with van der Waals surface area (Å²) in [4.78, 5) is 11.0. The molecule has 0 spiro atoms. The molecule has 0 saturated heterocycles.